The smallest absolute Gasteiger partial charge is 0.342 e. The monoisotopic (exact) mass is 348 g/mol. The molecule has 1 aliphatic carbocycles. The Bertz CT molecular complexity index is 821. The van der Waals surface area contributed by atoms with Crippen molar-refractivity contribution in [3.05, 3.63) is 39.7 Å². The minimum Gasteiger partial charge on any atom is -0.469 e. The van der Waals surface area contributed by atoms with Gasteiger partial charge >= 0.3 is 5.97 Å². The predicted molar refractivity (Wildman–Crippen MR) is 87.2 cm³/mol. The molecule has 0 radical (unpaired) electrons. The molecule has 0 saturated carbocycles. The fraction of sp³-hybridized carbons (Fsp3) is 0.312. The number of thiophene rings is 1. The van der Waals surface area contributed by atoms with Crippen LogP contribution in [0.3, 0.4) is 0 Å². The van der Waals surface area contributed by atoms with Crippen molar-refractivity contribution < 1.29 is 23.5 Å². The second-order valence-corrected chi connectivity index (χ2v) is 6.55. The Kier molecular flexibility index (Phi) is 4.39. The molecule has 0 saturated heterocycles. The zero-order chi connectivity index (χ0) is 17.3. The number of aryl methyl sites for hydroxylation is 2. The van der Waals surface area contributed by atoms with Crippen LogP contribution in [0.15, 0.2) is 16.7 Å². The number of primary amides is 1. The molecule has 2 amide bonds. The van der Waals surface area contributed by atoms with E-state index >= 15 is 0 Å². The average Bonchev–Trinajstić information content (AvgIpc) is 3.19. The number of amides is 2. The molecule has 0 atom stereocenters. The molecule has 2 aromatic rings. The van der Waals surface area contributed by atoms with Crippen molar-refractivity contribution in [2.45, 2.75) is 26.2 Å². The van der Waals surface area contributed by atoms with Gasteiger partial charge in [-0.25, -0.2) is 4.79 Å². The highest BCUT2D eigenvalue weighted by atomic mass is 32.1. The van der Waals surface area contributed by atoms with Crippen LogP contribution in [0.25, 0.3) is 0 Å². The Labute approximate surface area is 141 Å². The van der Waals surface area contributed by atoms with Gasteiger partial charge in [-0.3, -0.25) is 9.59 Å². The third kappa shape index (κ3) is 3.05. The van der Waals surface area contributed by atoms with Crippen LogP contribution in [0, 0.1) is 6.92 Å². The van der Waals surface area contributed by atoms with Crippen LogP contribution in [0.1, 0.15) is 43.3 Å². The molecule has 3 N–H and O–H groups in total. The Balaban J connectivity index is 1.65. The van der Waals surface area contributed by atoms with Crippen LogP contribution in [0.2, 0.25) is 0 Å². The minimum atomic E-state index is -0.639. The fourth-order valence-electron chi connectivity index (χ4n) is 2.72. The van der Waals surface area contributed by atoms with Gasteiger partial charge in [-0.2, -0.15) is 0 Å². The molecule has 0 aliphatic heterocycles. The lowest BCUT2D eigenvalue weighted by molar-refractivity contribution is -0.119. The van der Waals surface area contributed by atoms with E-state index in [0.29, 0.717) is 16.3 Å². The number of carbonyl (C=O) groups excluding carboxylic acids is 3. The standard InChI is InChI=1S/C16H16N2O5S/c1-8-9(5-6-22-8)16(21)23-7-12(19)18-15-13(14(17)20)10-3-2-4-11(10)24-15/h5-6H,2-4,7H2,1H3,(H2,17,20)(H,18,19). The molecule has 0 fully saturated rings. The summed E-state index contributed by atoms with van der Waals surface area (Å²) in [4.78, 5) is 36.6. The maximum absolute atomic E-state index is 12.0. The van der Waals surface area contributed by atoms with Gasteiger partial charge in [0.2, 0.25) is 0 Å². The maximum atomic E-state index is 12.0. The summed E-state index contributed by atoms with van der Waals surface area (Å²) < 4.78 is 9.97. The van der Waals surface area contributed by atoms with Crippen molar-refractivity contribution in [3.63, 3.8) is 0 Å². The molecule has 0 aromatic carbocycles. The van der Waals surface area contributed by atoms with Crippen LogP contribution in [-0.4, -0.2) is 24.4 Å². The lowest BCUT2D eigenvalue weighted by Crippen LogP contribution is -2.22. The summed E-state index contributed by atoms with van der Waals surface area (Å²) in [6, 6.07) is 1.48. The molecule has 2 aromatic heterocycles. The largest absolute Gasteiger partial charge is 0.469 e. The number of nitrogens with two attached hydrogens (primary N) is 1. The SMILES string of the molecule is Cc1occc1C(=O)OCC(=O)Nc1sc2c(c1C(N)=O)CCC2. The van der Waals surface area contributed by atoms with Gasteiger partial charge < -0.3 is 20.2 Å². The number of furan rings is 1. The second kappa shape index (κ2) is 6.48. The summed E-state index contributed by atoms with van der Waals surface area (Å²) in [5.74, 6) is -1.30. The summed E-state index contributed by atoms with van der Waals surface area (Å²) in [6.07, 6.45) is 4.02. The van der Waals surface area contributed by atoms with E-state index in [9.17, 15) is 14.4 Å². The Morgan fingerprint density at radius 2 is 2.17 bits per heavy atom. The zero-order valence-electron chi connectivity index (χ0n) is 13.0. The molecule has 1 aliphatic rings. The van der Waals surface area contributed by atoms with Crippen LogP contribution in [0.5, 0.6) is 0 Å². The third-order valence-electron chi connectivity index (χ3n) is 3.83. The Morgan fingerprint density at radius 1 is 1.38 bits per heavy atom. The molecule has 0 bridgehead atoms. The van der Waals surface area contributed by atoms with Crippen molar-refractivity contribution in [2.24, 2.45) is 5.73 Å². The van der Waals surface area contributed by atoms with Gasteiger partial charge in [0.05, 0.1) is 11.8 Å². The van der Waals surface area contributed by atoms with Crippen LogP contribution in [-0.2, 0) is 22.4 Å². The van der Waals surface area contributed by atoms with E-state index in [4.69, 9.17) is 14.9 Å². The number of anilines is 1. The van der Waals surface area contributed by atoms with E-state index in [-0.39, 0.29) is 5.56 Å². The molecule has 2 heterocycles. The minimum absolute atomic E-state index is 0.274. The van der Waals surface area contributed by atoms with E-state index in [0.717, 1.165) is 29.7 Å². The number of carbonyl (C=O) groups is 3. The highest BCUT2D eigenvalue weighted by molar-refractivity contribution is 7.17. The van der Waals surface area contributed by atoms with Gasteiger partial charge in [0, 0.05) is 4.88 Å². The van der Waals surface area contributed by atoms with Crippen molar-refractivity contribution in [3.8, 4) is 0 Å². The van der Waals surface area contributed by atoms with Gasteiger partial charge in [0.1, 0.15) is 16.3 Å². The fourth-order valence-corrected chi connectivity index (χ4v) is 4.03. The number of hydrogen-bond donors (Lipinski definition) is 2. The van der Waals surface area contributed by atoms with Gasteiger partial charge in [-0.05, 0) is 37.8 Å². The van der Waals surface area contributed by atoms with Crippen molar-refractivity contribution in [1.29, 1.82) is 0 Å². The molecule has 8 heteroatoms. The summed E-state index contributed by atoms with van der Waals surface area (Å²) in [5, 5.41) is 3.04. The molecular weight excluding hydrogens is 332 g/mol. The zero-order valence-corrected chi connectivity index (χ0v) is 13.8. The number of esters is 1. The molecule has 0 unspecified atom stereocenters. The first-order chi connectivity index (χ1) is 11.5. The first kappa shape index (κ1) is 16.3. The second-order valence-electron chi connectivity index (χ2n) is 5.44. The van der Waals surface area contributed by atoms with Gasteiger partial charge in [0.25, 0.3) is 11.8 Å². The van der Waals surface area contributed by atoms with Crippen LogP contribution in [0.4, 0.5) is 5.00 Å². The summed E-state index contributed by atoms with van der Waals surface area (Å²) in [7, 11) is 0. The Morgan fingerprint density at radius 3 is 2.83 bits per heavy atom. The number of fused-ring (bicyclic) bond motifs is 1. The predicted octanol–water partition coefficient (Wildman–Crippen LogP) is 2.03. The van der Waals surface area contributed by atoms with Crippen LogP contribution < -0.4 is 11.1 Å². The molecule has 126 valence electrons. The maximum Gasteiger partial charge on any atom is 0.342 e. The number of hydrogen-bond acceptors (Lipinski definition) is 6. The van der Waals surface area contributed by atoms with E-state index in [2.05, 4.69) is 5.32 Å². The van der Waals surface area contributed by atoms with Gasteiger partial charge in [-0.1, -0.05) is 0 Å². The lowest BCUT2D eigenvalue weighted by Gasteiger charge is -2.07. The summed E-state index contributed by atoms with van der Waals surface area (Å²) >= 11 is 1.35. The first-order valence-electron chi connectivity index (χ1n) is 7.42. The average molecular weight is 348 g/mol. The van der Waals surface area contributed by atoms with E-state index in [1.54, 1.807) is 6.92 Å². The normalized spacial score (nSPS) is 12.7. The van der Waals surface area contributed by atoms with Gasteiger partial charge in [-0.15, -0.1) is 11.3 Å². The van der Waals surface area contributed by atoms with Crippen molar-refractivity contribution in [2.75, 3.05) is 11.9 Å². The highest BCUT2D eigenvalue weighted by Crippen LogP contribution is 2.38. The number of rotatable bonds is 5. The number of ether oxygens (including phenoxy) is 1. The van der Waals surface area contributed by atoms with Crippen molar-refractivity contribution in [1.82, 2.24) is 0 Å². The van der Waals surface area contributed by atoms with Crippen LogP contribution >= 0.6 is 11.3 Å². The molecule has 7 nitrogen and oxygen atoms in total. The Hall–Kier alpha value is -2.61. The summed E-state index contributed by atoms with van der Waals surface area (Å²) in [6.45, 7) is 1.17. The van der Waals surface area contributed by atoms with E-state index in [1.807, 2.05) is 0 Å². The molecule has 0 spiro atoms. The molecule has 24 heavy (non-hydrogen) atoms. The third-order valence-corrected chi connectivity index (χ3v) is 5.04. The van der Waals surface area contributed by atoms with E-state index in [1.165, 1.54) is 23.7 Å². The quantitative estimate of drug-likeness (QED) is 0.803. The topological polar surface area (TPSA) is 112 Å². The first-order valence-corrected chi connectivity index (χ1v) is 8.24. The lowest BCUT2D eigenvalue weighted by atomic mass is 10.1. The van der Waals surface area contributed by atoms with Gasteiger partial charge in [0.15, 0.2) is 6.61 Å². The number of nitrogens with one attached hydrogen (secondary N) is 1. The van der Waals surface area contributed by atoms with Crippen molar-refractivity contribution >= 4 is 34.1 Å². The molecule has 3 rings (SSSR count). The summed E-state index contributed by atoms with van der Waals surface area (Å²) in [5.41, 5.74) is 7.00. The highest BCUT2D eigenvalue weighted by Gasteiger charge is 2.26. The molecular formula is C16H16N2O5S. The van der Waals surface area contributed by atoms with E-state index < -0.39 is 24.4 Å².